The Morgan fingerprint density at radius 1 is 1.23 bits per heavy atom. The lowest BCUT2D eigenvalue weighted by atomic mass is 10.0. The minimum absolute atomic E-state index is 0.632. The molecule has 1 unspecified atom stereocenters. The van der Waals surface area contributed by atoms with Gasteiger partial charge in [0.15, 0.2) is 0 Å². The van der Waals surface area contributed by atoms with Gasteiger partial charge in [0, 0.05) is 56.4 Å². The smallest absolute Gasteiger partial charge is 0.0638 e. The van der Waals surface area contributed by atoms with Gasteiger partial charge in [-0.25, -0.2) is 0 Å². The first-order valence-electron chi connectivity index (χ1n) is 10.1. The van der Waals surface area contributed by atoms with Gasteiger partial charge >= 0.3 is 0 Å². The molecule has 0 saturated carbocycles. The van der Waals surface area contributed by atoms with Crippen LogP contribution < -0.4 is 0 Å². The molecule has 3 heterocycles. The second kappa shape index (κ2) is 9.28. The van der Waals surface area contributed by atoms with Crippen LogP contribution in [0, 0.1) is 6.92 Å². The number of hydrogen-bond donors (Lipinski definition) is 0. The molecule has 0 N–H and O–H groups in total. The standard InChI is InChI=1S/C21H33N5/c1-4-12-26-16-20(18(3)23-26)15-24-13-6-7-21(17-24)25(5-2)14-19-8-10-22-11-9-19/h8-11,16,21H,4-7,12-15,17H2,1-3H3. The molecule has 1 saturated heterocycles. The highest BCUT2D eigenvalue weighted by molar-refractivity contribution is 5.15. The first kappa shape index (κ1) is 19.1. The number of likely N-dealkylation sites (tertiary alicyclic amines) is 1. The quantitative estimate of drug-likeness (QED) is 0.726. The molecule has 0 amide bonds. The second-order valence-electron chi connectivity index (χ2n) is 7.45. The first-order valence-corrected chi connectivity index (χ1v) is 10.1. The Labute approximate surface area is 158 Å². The summed E-state index contributed by atoms with van der Waals surface area (Å²) in [6.45, 7) is 13.1. The summed E-state index contributed by atoms with van der Waals surface area (Å²) in [7, 11) is 0. The highest BCUT2D eigenvalue weighted by atomic mass is 15.3. The van der Waals surface area contributed by atoms with E-state index >= 15 is 0 Å². The minimum atomic E-state index is 0.632. The van der Waals surface area contributed by atoms with Gasteiger partial charge in [0.1, 0.15) is 0 Å². The first-order chi connectivity index (χ1) is 12.7. The lowest BCUT2D eigenvalue weighted by molar-refractivity contribution is 0.0916. The number of hydrogen-bond acceptors (Lipinski definition) is 4. The monoisotopic (exact) mass is 355 g/mol. The number of pyridine rings is 1. The molecule has 26 heavy (non-hydrogen) atoms. The van der Waals surface area contributed by atoms with E-state index in [0.29, 0.717) is 6.04 Å². The Morgan fingerprint density at radius 3 is 2.77 bits per heavy atom. The fraction of sp³-hybridized carbons (Fsp3) is 0.619. The van der Waals surface area contributed by atoms with Crippen LogP contribution in [-0.2, 0) is 19.6 Å². The van der Waals surface area contributed by atoms with Crippen LogP contribution in [0.25, 0.3) is 0 Å². The highest BCUT2D eigenvalue weighted by Crippen LogP contribution is 2.20. The van der Waals surface area contributed by atoms with Crippen LogP contribution in [0.2, 0.25) is 0 Å². The molecule has 0 aliphatic carbocycles. The summed E-state index contributed by atoms with van der Waals surface area (Å²) >= 11 is 0. The van der Waals surface area contributed by atoms with Crippen molar-refractivity contribution in [3.63, 3.8) is 0 Å². The molecule has 0 radical (unpaired) electrons. The summed E-state index contributed by atoms with van der Waals surface area (Å²) in [5.74, 6) is 0. The molecule has 2 aromatic heterocycles. The van der Waals surface area contributed by atoms with E-state index in [4.69, 9.17) is 0 Å². The Morgan fingerprint density at radius 2 is 2.04 bits per heavy atom. The van der Waals surface area contributed by atoms with Gasteiger partial charge in [-0.15, -0.1) is 0 Å². The van der Waals surface area contributed by atoms with Gasteiger partial charge in [-0.2, -0.15) is 5.10 Å². The van der Waals surface area contributed by atoms with Crippen molar-refractivity contribution in [2.75, 3.05) is 19.6 Å². The van der Waals surface area contributed by atoms with Crippen LogP contribution in [0.3, 0.4) is 0 Å². The van der Waals surface area contributed by atoms with Crippen molar-refractivity contribution in [1.82, 2.24) is 24.6 Å². The zero-order chi connectivity index (χ0) is 18.4. The number of nitrogens with zero attached hydrogens (tertiary/aromatic N) is 5. The molecule has 0 bridgehead atoms. The van der Waals surface area contributed by atoms with E-state index in [1.807, 2.05) is 12.4 Å². The minimum Gasteiger partial charge on any atom is -0.297 e. The van der Waals surface area contributed by atoms with Gasteiger partial charge in [-0.05, 0) is 57.0 Å². The molecule has 5 heteroatoms. The van der Waals surface area contributed by atoms with Gasteiger partial charge < -0.3 is 0 Å². The summed E-state index contributed by atoms with van der Waals surface area (Å²) in [5.41, 5.74) is 3.93. The van der Waals surface area contributed by atoms with Crippen molar-refractivity contribution >= 4 is 0 Å². The summed E-state index contributed by atoms with van der Waals surface area (Å²) in [4.78, 5) is 9.37. The number of aryl methyl sites for hydroxylation is 2. The maximum Gasteiger partial charge on any atom is 0.0638 e. The van der Waals surface area contributed by atoms with Crippen molar-refractivity contribution in [2.24, 2.45) is 0 Å². The summed E-state index contributed by atoms with van der Waals surface area (Å²) in [6, 6.07) is 4.90. The Kier molecular flexibility index (Phi) is 6.80. The van der Waals surface area contributed by atoms with Gasteiger partial charge in [-0.1, -0.05) is 13.8 Å². The molecule has 0 aromatic carbocycles. The zero-order valence-corrected chi connectivity index (χ0v) is 16.6. The Bertz CT molecular complexity index is 666. The lowest BCUT2D eigenvalue weighted by Crippen LogP contribution is -2.47. The molecule has 1 fully saturated rings. The van der Waals surface area contributed by atoms with E-state index in [1.165, 1.54) is 36.2 Å². The fourth-order valence-corrected chi connectivity index (χ4v) is 3.99. The van der Waals surface area contributed by atoms with Crippen LogP contribution >= 0.6 is 0 Å². The van der Waals surface area contributed by atoms with E-state index in [9.17, 15) is 0 Å². The average molecular weight is 356 g/mol. The van der Waals surface area contributed by atoms with Gasteiger partial charge in [-0.3, -0.25) is 19.5 Å². The molecule has 2 aromatic rings. The maximum absolute atomic E-state index is 4.67. The lowest BCUT2D eigenvalue weighted by Gasteiger charge is -2.39. The Balaban J connectivity index is 1.61. The normalized spacial score (nSPS) is 18.5. The molecular weight excluding hydrogens is 322 g/mol. The largest absolute Gasteiger partial charge is 0.297 e. The molecule has 0 spiro atoms. The van der Waals surface area contributed by atoms with Gasteiger partial charge in [0.05, 0.1) is 5.69 Å². The Hall–Kier alpha value is -1.72. The molecular formula is C21H33N5. The molecule has 5 nitrogen and oxygen atoms in total. The third-order valence-electron chi connectivity index (χ3n) is 5.43. The topological polar surface area (TPSA) is 37.2 Å². The van der Waals surface area contributed by atoms with Crippen molar-refractivity contribution in [2.45, 2.75) is 65.7 Å². The van der Waals surface area contributed by atoms with Crippen LogP contribution in [0.4, 0.5) is 0 Å². The van der Waals surface area contributed by atoms with Crippen molar-refractivity contribution in [1.29, 1.82) is 0 Å². The maximum atomic E-state index is 4.67. The van der Waals surface area contributed by atoms with E-state index in [0.717, 1.165) is 39.1 Å². The number of aromatic nitrogens is 3. The fourth-order valence-electron chi connectivity index (χ4n) is 3.99. The highest BCUT2D eigenvalue weighted by Gasteiger charge is 2.25. The van der Waals surface area contributed by atoms with Gasteiger partial charge in [0.2, 0.25) is 0 Å². The number of piperidine rings is 1. The summed E-state index contributed by atoms with van der Waals surface area (Å²) in [6.07, 6.45) is 9.74. The van der Waals surface area contributed by atoms with Crippen LogP contribution in [0.15, 0.2) is 30.7 Å². The van der Waals surface area contributed by atoms with Crippen molar-refractivity contribution in [3.8, 4) is 0 Å². The van der Waals surface area contributed by atoms with Crippen molar-refractivity contribution < 1.29 is 0 Å². The average Bonchev–Trinajstić information content (AvgIpc) is 3.00. The van der Waals surface area contributed by atoms with E-state index in [1.54, 1.807) is 0 Å². The predicted molar refractivity (Wildman–Crippen MR) is 106 cm³/mol. The van der Waals surface area contributed by atoms with Crippen molar-refractivity contribution in [3.05, 3.63) is 47.5 Å². The van der Waals surface area contributed by atoms with Crippen LogP contribution in [-0.4, -0.2) is 50.2 Å². The molecule has 1 aliphatic heterocycles. The predicted octanol–water partition coefficient (Wildman–Crippen LogP) is 3.48. The number of likely N-dealkylation sites (N-methyl/N-ethyl adjacent to an activating group) is 1. The zero-order valence-electron chi connectivity index (χ0n) is 16.6. The summed E-state index contributed by atoms with van der Waals surface area (Å²) in [5, 5.41) is 4.67. The molecule has 1 atom stereocenters. The van der Waals surface area contributed by atoms with E-state index < -0.39 is 0 Å². The van der Waals surface area contributed by atoms with Gasteiger partial charge in [0.25, 0.3) is 0 Å². The second-order valence-corrected chi connectivity index (χ2v) is 7.45. The molecule has 1 aliphatic rings. The van der Waals surface area contributed by atoms with Crippen LogP contribution in [0.5, 0.6) is 0 Å². The van der Waals surface area contributed by atoms with E-state index in [-0.39, 0.29) is 0 Å². The molecule has 3 rings (SSSR count). The third-order valence-corrected chi connectivity index (χ3v) is 5.43. The van der Waals surface area contributed by atoms with Crippen LogP contribution in [0.1, 0.15) is 49.9 Å². The third kappa shape index (κ3) is 4.92. The SMILES string of the molecule is CCCn1cc(CN2CCCC(N(CC)Cc3ccncc3)C2)c(C)n1. The molecule has 142 valence electrons. The summed E-state index contributed by atoms with van der Waals surface area (Å²) < 4.78 is 2.11. The van der Waals surface area contributed by atoms with E-state index in [2.05, 4.69) is 63.7 Å². The number of rotatable bonds is 8.